The summed E-state index contributed by atoms with van der Waals surface area (Å²) in [7, 11) is 0. The van der Waals surface area contributed by atoms with Crippen molar-refractivity contribution in [2.75, 3.05) is 6.61 Å². The summed E-state index contributed by atoms with van der Waals surface area (Å²) in [6.45, 7) is 0.879. The first-order valence-corrected chi connectivity index (χ1v) is 10.1. The van der Waals surface area contributed by atoms with E-state index in [-0.39, 0.29) is 12.5 Å². The minimum atomic E-state index is -0.375. The lowest BCUT2D eigenvalue weighted by atomic mass is 10.0. The van der Waals surface area contributed by atoms with Gasteiger partial charge in [0.2, 0.25) is 0 Å². The number of carbonyl (C=O) groups excluding carboxylic acids is 1. The van der Waals surface area contributed by atoms with Gasteiger partial charge < -0.3 is 9.47 Å². The maximum Gasteiger partial charge on any atom is 0.274 e. The smallest absolute Gasteiger partial charge is 0.274 e. The molecule has 3 aromatic carbocycles. The number of halogens is 1. The van der Waals surface area contributed by atoms with E-state index in [2.05, 4.69) is 11.5 Å². The van der Waals surface area contributed by atoms with Crippen LogP contribution in [0.4, 0.5) is 0 Å². The minimum absolute atomic E-state index is 0.224. The number of nitrogens with zero attached hydrogens (tertiary/aromatic N) is 1. The van der Waals surface area contributed by atoms with Crippen LogP contribution in [0, 0.1) is 11.3 Å². The van der Waals surface area contributed by atoms with Gasteiger partial charge in [-0.05, 0) is 66.4 Å². The van der Waals surface area contributed by atoms with Gasteiger partial charge in [0.1, 0.15) is 23.3 Å². The second-order valence-electron chi connectivity index (χ2n) is 6.99. The van der Waals surface area contributed by atoms with Crippen LogP contribution in [0.1, 0.15) is 33.5 Å². The minimum Gasteiger partial charge on any atom is -0.493 e. The molecule has 0 fully saturated rings. The lowest BCUT2D eigenvalue weighted by molar-refractivity contribution is 0.0233. The number of benzene rings is 3. The van der Waals surface area contributed by atoms with Gasteiger partial charge in [-0.25, -0.2) is 5.48 Å². The maximum absolute atomic E-state index is 12.3. The first-order valence-electron chi connectivity index (χ1n) is 9.77. The van der Waals surface area contributed by atoms with Gasteiger partial charge in [-0.15, -0.1) is 0 Å². The van der Waals surface area contributed by atoms with Crippen LogP contribution >= 0.6 is 11.6 Å². The molecular weight excluding hydrogens is 416 g/mol. The average molecular weight is 435 g/mol. The highest BCUT2D eigenvalue weighted by Gasteiger charge is 2.16. The Morgan fingerprint density at radius 1 is 1.13 bits per heavy atom. The van der Waals surface area contributed by atoms with Crippen LogP contribution < -0.4 is 15.0 Å². The Bertz CT molecular complexity index is 1120. The van der Waals surface area contributed by atoms with Crippen LogP contribution in [0.25, 0.3) is 0 Å². The number of hydrogen-bond donors (Lipinski definition) is 1. The monoisotopic (exact) mass is 434 g/mol. The van der Waals surface area contributed by atoms with Gasteiger partial charge in [0.05, 0.1) is 18.8 Å². The standard InChI is InChI=1S/C24H19ClN2O4/c25-20-7-3-16(4-8-20)15-30-27-24(28)17-5-9-21(10-6-17)31-23-13-22-18(2-1-11-29-22)12-19(23)14-26/h3-10,12-13H,1-2,11,15H2,(H,27,28). The van der Waals surface area contributed by atoms with Crippen molar-refractivity contribution >= 4 is 17.5 Å². The van der Waals surface area contributed by atoms with Gasteiger partial charge in [-0.2, -0.15) is 5.26 Å². The highest BCUT2D eigenvalue weighted by molar-refractivity contribution is 6.30. The Morgan fingerprint density at radius 2 is 1.90 bits per heavy atom. The summed E-state index contributed by atoms with van der Waals surface area (Å²) in [5, 5.41) is 10.1. The van der Waals surface area contributed by atoms with Gasteiger partial charge in [0.25, 0.3) is 5.91 Å². The zero-order valence-corrected chi connectivity index (χ0v) is 17.3. The molecular formula is C24H19ClN2O4. The zero-order chi connectivity index (χ0) is 21.6. The number of amides is 1. The first kappa shape index (κ1) is 20.7. The van der Waals surface area contributed by atoms with Crippen molar-refractivity contribution in [2.45, 2.75) is 19.4 Å². The van der Waals surface area contributed by atoms with Gasteiger partial charge in [-0.1, -0.05) is 23.7 Å². The lowest BCUT2D eigenvalue weighted by Gasteiger charge is -2.19. The van der Waals surface area contributed by atoms with Crippen LogP contribution in [0.2, 0.25) is 5.02 Å². The third-order valence-corrected chi connectivity index (χ3v) is 5.04. The van der Waals surface area contributed by atoms with E-state index in [9.17, 15) is 10.1 Å². The maximum atomic E-state index is 12.3. The Kier molecular flexibility index (Phi) is 6.37. The van der Waals surface area contributed by atoms with Crippen molar-refractivity contribution in [1.29, 1.82) is 5.26 Å². The summed E-state index contributed by atoms with van der Waals surface area (Å²) < 4.78 is 11.5. The summed E-state index contributed by atoms with van der Waals surface area (Å²) in [5.74, 6) is 1.30. The van der Waals surface area contributed by atoms with Gasteiger partial charge >= 0.3 is 0 Å². The molecule has 1 amide bonds. The van der Waals surface area contributed by atoms with Crippen molar-refractivity contribution in [3.05, 3.63) is 87.9 Å². The molecule has 7 heteroatoms. The Balaban J connectivity index is 1.37. The lowest BCUT2D eigenvalue weighted by Crippen LogP contribution is -2.23. The summed E-state index contributed by atoms with van der Waals surface area (Å²) >= 11 is 5.85. The molecule has 0 spiro atoms. The Morgan fingerprint density at radius 3 is 2.65 bits per heavy atom. The number of hydrogen-bond acceptors (Lipinski definition) is 5. The third-order valence-electron chi connectivity index (χ3n) is 4.79. The highest BCUT2D eigenvalue weighted by Crippen LogP contribution is 2.34. The van der Waals surface area contributed by atoms with Crippen LogP contribution in [0.3, 0.4) is 0 Å². The molecule has 0 aliphatic carbocycles. The van der Waals surface area contributed by atoms with Gasteiger partial charge in [0.15, 0.2) is 0 Å². The molecule has 0 atom stereocenters. The largest absolute Gasteiger partial charge is 0.493 e. The topological polar surface area (TPSA) is 80.6 Å². The van der Waals surface area contributed by atoms with Crippen LogP contribution in [-0.2, 0) is 17.9 Å². The van der Waals surface area contributed by atoms with E-state index < -0.39 is 0 Å². The van der Waals surface area contributed by atoms with Crippen LogP contribution in [0.15, 0.2) is 60.7 Å². The molecule has 1 heterocycles. The first-order chi connectivity index (χ1) is 15.1. The van der Waals surface area contributed by atoms with Gasteiger partial charge in [-0.3, -0.25) is 9.63 Å². The van der Waals surface area contributed by atoms with Crippen molar-refractivity contribution in [3.63, 3.8) is 0 Å². The molecule has 6 nitrogen and oxygen atoms in total. The Labute approximate surface area is 184 Å². The SMILES string of the molecule is N#Cc1cc2c(cc1Oc1ccc(C(=O)NOCc3ccc(Cl)cc3)cc1)OCCC2. The molecule has 0 unspecified atom stereocenters. The van der Waals surface area contributed by atoms with Crippen molar-refractivity contribution < 1.29 is 19.1 Å². The highest BCUT2D eigenvalue weighted by atomic mass is 35.5. The third kappa shape index (κ3) is 5.15. The molecule has 31 heavy (non-hydrogen) atoms. The molecule has 0 saturated heterocycles. The molecule has 0 bridgehead atoms. The molecule has 1 aliphatic heterocycles. The molecule has 156 valence electrons. The predicted molar refractivity (Wildman–Crippen MR) is 115 cm³/mol. The quantitative estimate of drug-likeness (QED) is 0.540. The molecule has 4 rings (SSSR count). The molecule has 3 aromatic rings. The fourth-order valence-corrected chi connectivity index (χ4v) is 3.30. The van der Waals surface area contributed by atoms with E-state index in [1.807, 2.05) is 18.2 Å². The fourth-order valence-electron chi connectivity index (χ4n) is 3.18. The number of rotatable bonds is 6. The number of hydroxylamine groups is 1. The van der Waals surface area contributed by atoms with E-state index in [0.717, 1.165) is 29.7 Å². The normalized spacial score (nSPS) is 12.3. The van der Waals surface area contributed by atoms with Crippen molar-refractivity contribution in [1.82, 2.24) is 5.48 Å². The number of nitriles is 1. The number of aryl methyl sites for hydroxylation is 1. The summed E-state index contributed by atoms with van der Waals surface area (Å²) in [4.78, 5) is 17.5. The predicted octanol–water partition coefficient (Wildman–Crippen LogP) is 5.19. The second kappa shape index (κ2) is 9.52. The number of fused-ring (bicyclic) bond motifs is 1. The van der Waals surface area contributed by atoms with E-state index >= 15 is 0 Å². The molecule has 0 aromatic heterocycles. The summed E-state index contributed by atoms with van der Waals surface area (Å²) in [6.07, 6.45) is 1.82. The molecule has 0 radical (unpaired) electrons. The van der Waals surface area contributed by atoms with E-state index in [0.29, 0.717) is 34.3 Å². The molecule has 1 aliphatic rings. The molecule has 1 N–H and O–H groups in total. The fraction of sp³-hybridized carbons (Fsp3) is 0.167. The molecule has 0 saturated carbocycles. The number of ether oxygens (including phenoxy) is 2. The second-order valence-corrected chi connectivity index (χ2v) is 7.43. The van der Waals surface area contributed by atoms with Crippen molar-refractivity contribution in [3.8, 4) is 23.3 Å². The van der Waals surface area contributed by atoms with E-state index in [1.165, 1.54) is 0 Å². The van der Waals surface area contributed by atoms with Crippen LogP contribution in [-0.4, -0.2) is 12.5 Å². The Hall–Kier alpha value is -3.53. The number of nitrogens with one attached hydrogen (secondary N) is 1. The van der Waals surface area contributed by atoms with Gasteiger partial charge in [0, 0.05) is 16.7 Å². The average Bonchev–Trinajstić information content (AvgIpc) is 2.80. The van der Waals surface area contributed by atoms with Crippen molar-refractivity contribution in [2.24, 2.45) is 0 Å². The van der Waals surface area contributed by atoms with Crippen LogP contribution in [0.5, 0.6) is 17.2 Å². The zero-order valence-electron chi connectivity index (χ0n) is 16.6. The van der Waals surface area contributed by atoms with E-state index in [1.54, 1.807) is 42.5 Å². The summed E-state index contributed by atoms with van der Waals surface area (Å²) in [5.41, 5.74) is 5.17. The number of carbonyl (C=O) groups is 1. The van der Waals surface area contributed by atoms with E-state index in [4.69, 9.17) is 25.9 Å². The summed E-state index contributed by atoms with van der Waals surface area (Å²) in [6, 6.07) is 19.5.